The number of piperidine rings is 1. The number of benzene rings is 1. The van der Waals surface area contributed by atoms with Gasteiger partial charge in [0.15, 0.2) is 0 Å². The number of nitrogens with one attached hydrogen (secondary N) is 1. The van der Waals surface area contributed by atoms with E-state index in [1.165, 1.54) is 0 Å². The summed E-state index contributed by atoms with van der Waals surface area (Å²) in [5.41, 5.74) is -1.80. The van der Waals surface area contributed by atoms with Gasteiger partial charge in [-0.25, -0.2) is 8.42 Å². The molecule has 0 unspecified atom stereocenters. The SMILES string of the molecule is CC(C)(CO)NC(=O)C1CCN(S(=O)(=O)c2cccc(C(F)(F)F)c2)CC1. The minimum absolute atomic E-state index is 0.0379. The largest absolute Gasteiger partial charge is 0.416 e. The molecule has 1 aromatic carbocycles. The van der Waals surface area contributed by atoms with Crippen LogP contribution in [0.25, 0.3) is 0 Å². The van der Waals surface area contributed by atoms with Crippen molar-refractivity contribution >= 4 is 15.9 Å². The van der Waals surface area contributed by atoms with Crippen LogP contribution in [0.1, 0.15) is 32.3 Å². The van der Waals surface area contributed by atoms with Crippen LogP contribution in [0.4, 0.5) is 13.2 Å². The summed E-state index contributed by atoms with van der Waals surface area (Å²) in [7, 11) is -4.07. The molecule has 1 heterocycles. The first-order valence-corrected chi connectivity index (χ1v) is 9.91. The summed E-state index contributed by atoms with van der Waals surface area (Å²) >= 11 is 0. The van der Waals surface area contributed by atoms with E-state index < -0.39 is 38.1 Å². The van der Waals surface area contributed by atoms with Crippen molar-refractivity contribution in [3.05, 3.63) is 29.8 Å². The van der Waals surface area contributed by atoms with Crippen LogP contribution < -0.4 is 5.32 Å². The van der Waals surface area contributed by atoms with Crippen LogP contribution in [0.5, 0.6) is 0 Å². The maximum absolute atomic E-state index is 12.8. The lowest BCUT2D eigenvalue weighted by atomic mass is 9.95. The van der Waals surface area contributed by atoms with E-state index in [0.29, 0.717) is 6.07 Å². The van der Waals surface area contributed by atoms with Gasteiger partial charge in [0.25, 0.3) is 0 Å². The monoisotopic (exact) mass is 408 g/mol. The molecule has 0 spiro atoms. The van der Waals surface area contributed by atoms with Crippen molar-refractivity contribution in [2.75, 3.05) is 19.7 Å². The number of aliphatic hydroxyl groups is 1. The number of hydrogen-bond donors (Lipinski definition) is 2. The number of carbonyl (C=O) groups excluding carboxylic acids is 1. The van der Waals surface area contributed by atoms with E-state index in [1.807, 2.05) is 0 Å². The predicted octanol–water partition coefficient (Wildman–Crippen LogP) is 1.99. The van der Waals surface area contributed by atoms with E-state index in [2.05, 4.69) is 5.32 Å². The van der Waals surface area contributed by atoms with Crippen LogP contribution in [-0.4, -0.2) is 49.0 Å². The fraction of sp³-hybridized carbons (Fsp3) is 0.588. The molecule has 0 aromatic heterocycles. The highest BCUT2D eigenvalue weighted by molar-refractivity contribution is 7.89. The first-order valence-electron chi connectivity index (χ1n) is 8.47. The van der Waals surface area contributed by atoms with Crippen LogP contribution in [0.2, 0.25) is 0 Å². The van der Waals surface area contributed by atoms with Gasteiger partial charge in [0.2, 0.25) is 15.9 Å². The molecule has 2 rings (SSSR count). The summed E-state index contributed by atoms with van der Waals surface area (Å²) in [5.74, 6) is -0.686. The molecule has 27 heavy (non-hydrogen) atoms. The molecule has 1 amide bonds. The Morgan fingerprint density at radius 3 is 2.37 bits per heavy atom. The van der Waals surface area contributed by atoms with E-state index in [1.54, 1.807) is 13.8 Å². The molecule has 1 aliphatic rings. The third-order valence-electron chi connectivity index (χ3n) is 4.48. The van der Waals surface area contributed by atoms with Gasteiger partial charge >= 0.3 is 6.18 Å². The first-order chi connectivity index (χ1) is 12.4. The summed E-state index contributed by atoms with van der Waals surface area (Å²) in [4.78, 5) is 11.8. The summed E-state index contributed by atoms with van der Waals surface area (Å²) < 4.78 is 64.9. The number of sulfonamides is 1. The highest BCUT2D eigenvalue weighted by Crippen LogP contribution is 2.32. The van der Waals surface area contributed by atoms with Crippen molar-refractivity contribution in [1.29, 1.82) is 0 Å². The molecular weight excluding hydrogens is 385 g/mol. The van der Waals surface area contributed by atoms with Crippen LogP contribution in [0.3, 0.4) is 0 Å². The average Bonchev–Trinajstić information content (AvgIpc) is 2.61. The van der Waals surface area contributed by atoms with Crippen LogP contribution in [0.15, 0.2) is 29.2 Å². The maximum atomic E-state index is 12.8. The summed E-state index contributed by atoms with van der Waals surface area (Å²) in [6, 6.07) is 3.64. The minimum Gasteiger partial charge on any atom is -0.394 e. The zero-order valence-electron chi connectivity index (χ0n) is 15.1. The van der Waals surface area contributed by atoms with Gasteiger partial charge < -0.3 is 10.4 Å². The highest BCUT2D eigenvalue weighted by atomic mass is 32.2. The Bertz CT molecular complexity index is 786. The van der Waals surface area contributed by atoms with Gasteiger partial charge in [-0.2, -0.15) is 17.5 Å². The summed E-state index contributed by atoms with van der Waals surface area (Å²) in [6.07, 6.45) is -4.12. The fourth-order valence-electron chi connectivity index (χ4n) is 2.82. The summed E-state index contributed by atoms with van der Waals surface area (Å²) in [6.45, 7) is 3.17. The molecule has 0 saturated carbocycles. The normalized spacial score (nSPS) is 17.7. The summed E-state index contributed by atoms with van der Waals surface area (Å²) in [5, 5.41) is 11.9. The number of rotatable bonds is 5. The second kappa shape index (κ2) is 7.76. The molecule has 1 saturated heterocycles. The predicted molar refractivity (Wildman–Crippen MR) is 92.2 cm³/mol. The van der Waals surface area contributed by atoms with E-state index in [-0.39, 0.29) is 38.4 Å². The lowest BCUT2D eigenvalue weighted by Crippen LogP contribution is -2.50. The number of halogens is 3. The standard InChI is InChI=1S/C17H23F3N2O4S/c1-16(2,11-23)21-15(24)12-6-8-22(9-7-12)27(25,26)14-5-3-4-13(10-14)17(18,19)20/h3-5,10,12,23H,6-9,11H2,1-2H3,(H,21,24). The quantitative estimate of drug-likeness (QED) is 0.780. The van der Waals surface area contributed by atoms with E-state index in [4.69, 9.17) is 0 Å². The number of hydrogen-bond acceptors (Lipinski definition) is 4. The average molecular weight is 408 g/mol. The van der Waals surface area contributed by atoms with Crippen LogP contribution in [0, 0.1) is 5.92 Å². The minimum atomic E-state index is -4.63. The van der Waals surface area contributed by atoms with Gasteiger partial charge in [-0.1, -0.05) is 6.07 Å². The van der Waals surface area contributed by atoms with Crippen LogP contribution in [-0.2, 0) is 21.0 Å². The highest BCUT2D eigenvalue weighted by Gasteiger charge is 2.36. The molecule has 0 aliphatic carbocycles. The van der Waals surface area contributed by atoms with E-state index in [9.17, 15) is 31.5 Å². The third kappa shape index (κ3) is 5.20. The Balaban J connectivity index is 2.08. The number of alkyl halides is 3. The first kappa shape index (κ1) is 21.6. The van der Waals surface area contributed by atoms with Gasteiger partial charge in [-0.3, -0.25) is 4.79 Å². The molecule has 0 bridgehead atoms. The third-order valence-corrected chi connectivity index (χ3v) is 6.38. The van der Waals surface area contributed by atoms with E-state index >= 15 is 0 Å². The Morgan fingerprint density at radius 2 is 1.85 bits per heavy atom. The Kier molecular flexibility index (Phi) is 6.23. The van der Waals surface area contributed by atoms with Crippen molar-refractivity contribution in [1.82, 2.24) is 9.62 Å². The van der Waals surface area contributed by atoms with Crippen molar-refractivity contribution < 1.29 is 31.5 Å². The van der Waals surface area contributed by atoms with Gasteiger partial charge in [-0.05, 0) is 44.9 Å². The Morgan fingerprint density at radius 1 is 1.26 bits per heavy atom. The molecule has 2 N–H and O–H groups in total. The van der Waals surface area contributed by atoms with Crippen LogP contribution >= 0.6 is 0 Å². The zero-order valence-corrected chi connectivity index (χ0v) is 15.9. The Labute approximate surface area is 156 Å². The molecule has 0 radical (unpaired) electrons. The fourth-order valence-corrected chi connectivity index (χ4v) is 4.33. The number of nitrogens with zero attached hydrogens (tertiary/aromatic N) is 1. The molecule has 1 aliphatic heterocycles. The van der Waals surface area contributed by atoms with Crippen molar-refractivity contribution in [3.8, 4) is 0 Å². The second-order valence-corrected chi connectivity index (χ2v) is 9.17. The van der Waals surface area contributed by atoms with Gasteiger partial charge in [0, 0.05) is 19.0 Å². The zero-order chi connectivity index (χ0) is 20.5. The molecule has 10 heteroatoms. The number of carbonyl (C=O) groups is 1. The lowest BCUT2D eigenvalue weighted by Gasteiger charge is -2.33. The van der Waals surface area contributed by atoms with E-state index in [0.717, 1.165) is 22.5 Å². The lowest BCUT2D eigenvalue weighted by molar-refractivity contribution is -0.137. The van der Waals surface area contributed by atoms with Crippen molar-refractivity contribution in [2.24, 2.45) is 5.92 Å². The topological polar surface area (TPSA) is 86.7 Å². The smallest absolute Gasteiger partial charge is 0.394 e. The van der Waals surface area contributed by atoms with Gasteiger partial charge in [-0.15, -0.1) is 0 Å². The second-order valence-electron chi connectivity index (χ2n) is 7.24. The molecule has 152 valence electrons. The molecule has 1 aromatic rings. The number of amides is 1. The molecule has 1 fully saturated rings. The van der Waals surface area contributed by atoms with Crippen molar-refractivity contribution in [3.63, 3.8) is 0 Å². The van der Waals surface area contributed by atoms with Gasteiger partial charge in [0.05, 0.1) is 22.6 Å². The van der Waals surface area contributed by atoms with Gasteiger partial charge in [0.1, 0.15) is 0 Å². The molecular formula is C17H23F3N2O4S. The molecule has 0 atom stereocenters. The Hall–Kier alpha value is -1.65. The maximum Gasteiger partial charge on any atom is 0.416 e. The number of aliphatic hydroxyl groups excluding tert-OH is 1. The molecule has 6 nitrogen and oxygen atoms in total. The van der Waals surface area contributed by atoms with Crippen molar-refractivity contribution in [2.45, 2.75) is 43.3 Å².